The highest BCUT2D eigenvalue weighted by Gasteiger charge is 2.25. The van der Waals surface area contributed by atoms with Crippen LogP contribution in [0.2, 0.25) is 0 Å². The van der Waals surface area contributed by atoms with Gasteiger partial charge in [-0.3, -0.25) is 0 Å². The van der Waals surface area contributed by atoms with Gasteiger partial charge in [-0.25, -0.2) is 0 Å². The van der Waals surface area contributed by atoms with Gasteiger partial charge in [0.2, 0.25) is 107 Å². The van der Waals surface area contributed by atoms with Gasteiger partial charge in [0.25, 0.3) is 0 Å². The summed E-state index contributed by atoms with van der Waals surface area (Å²) in [5, 5.41) is 136. The zero-order valence-electron chi connectivity index (χ0n) is 86.3. The van der Waals surface area contributed by atoms with Crippen LogP contribution in [0, 0.1) is 0 Å². The molecule has 0 spiro atoms. The summed E-state index contributed by atoms with van der Waals surface area (Å²) in [6, 6.07) is 64.0. The quantitative estimate of drug-likeness (QED) is 0.0162. The van der Waals surface area contributed by atoms with Crippen molar-refractivity contribution in [3.8, 4) is 51.7 Å². The minimum absolute atomic E-state index is 0.0689. The second-order valence-corrected chi connectivity index (χ2v) is 34.1. The molecule has 0 radical (unpaired) electrons. The molecule has 9 aromatic carbocycles. The number of phenolic OH excluding ortho intramolecular Hbond substituents is 9. The Labute approximate surface area is 868 Å². The molecule has 792 valence electrons. The first-order valence-corrected chi connectivity index (χ1v) is 46.6. The molecular formula is C101H130N36O13. The molecule has 49 heteroatoms. The number of nitrogens with one attached hydrogen (secondary N) is 3. The fraction of sp³-hybridized carbons (Fsp3) is 0.287. The molecule has 0 amide bonds. The number of para-hydroxylation sites is 9. The number of aliphatic hydroxyl groups excluding tert-OH is 4. The number of phenols is 9. The van der Waals surface area contributed by atoms with Crippen molar-refractivity contribution in [3.05, 3.63) is 268 Å². The van der Waals surface area contributed by atoms with Crippen molar-refractivity contribution in [1.82, 2.24) is 89.7 Å². The number of rotatable bonds is 38. The molecule has 49 nitrogen and oxygen atoms in total. The maximum atomic E-state index is 10.1. The molecule has 6 aromatic heterocycles. The molecular weight excluding hydrogens is 1930 g/mol. The predicted molar refractivity (Wildman–Crippen MR) is 580 cm³/mol. The molecule has 20 N–H and O–H groups in total. The third-order valence-corrected chi connectivity index (χ3v) is 22.2. The minimum Gasteiger partial charge on any atom is -0.508 e. The molecule has 0 aliphatic rings. The summed E-state index contributed by atoms with van der Waals surface area (Å²) in [5.41, 5.74) is 18.4. The summed E-state index contributed by atoms with van der Waals surface area (Å²) in [4.78, 5) is 99.6. The number of hydrogen-bond donors (Lipinski definition) is 18. The SMILES string of the molecule is CN(CO)c1nc(N(C)CO)nc(N(C)Cc2ccccc2O)n1.CN(CO)c1nc(N(C)Cc2ccccc2O)nc(N(C)Cc2ccccc2O)n1.CN(CO)c1nc(N)nc(N(C)Cc2ccccc2O)n1.CN(Cc1ccccc1O)c1nc(N)nc(N(C)Cc2ccccc2O)n1.CNc1nc(N(C)Cc2ccccc2O)nc(N(C)Cc2ccccc2O)n1.CNc1nc(NC)nc(N(C)Cc2ccccc2O)n1. The van der Waals surface area contributed by atoms with Crippen LogP contribution < -0.4 is 91.1 Å². The molecule has 0 bridgehead atoms. The lowest BCUT2D eigenvalue weighted by Gasteiger charge is -2.24. The second kappa shape index (κ2) is 55.5. The maximum absolute atomic E-state index is 10.1. The fourth-order valence-corrected chi connectivity index (χ4v) is 13.7. The van der Waals surface area contributed by atoms with Gasteiger partial charge in [-0.05, 0) is 54.6 Å². The van der Waals surface area contributed by atoms with Gasteiger partial charge in [0.15, 0.2) is 0 Å². The summed E-state index contributed by atoms with van der Waals surface area (Å²) >= 11 is 0. The smallest absolute Gasteiger partial charge is 0.233 e. The average molecular weight is 2060 g/mol. The van der Waals surface area contributed by atoms with Crippen molar-refractivity contribution >= 4 is 107 Å². The molecule has 15 rings (SSSR count). The van der Waals surface area contributed by atoms with E-state index in [1.165, 1.54) is 19.6 Å². The Morgan fingerprint density at radius 1 is 0.173 bits per heavy atom. The van der Waals surface area contributed by atoms with Gasteiger partial charge in [-0.2, -0.15) is 89.7 Å². The zero-order valence-corrected chi connectivity index (χ0v) is 86.3. The van der Waals surface area contributed by atoms with E-state index in [2.05, 4.69) is 106 Å². The maximum Gasteiger partial charge on any atom is 0.233 e. The molecule has 0 aliphatic carbocycles. The van der Waals surface area contributed by atoms with Gasteiger partial charge in [0.1, 0.15) is 78.7 Å². The largest absolute Gasteiger partial charge is 0.508 e. The van der Waals surface area contributed by atoms with Crippen molar-refractivity contribution < 1.29 is 66.4 Å². The van der Waals surface area contributed by atoms with Crippen LogP contribution in [0.15, 0.2) is 218 Å². The number of aliphatic hydroxyl groups is 4. The lowest BCUT2D eigenvalue weighted by atomic mass is 10.2. The van der Waals surface area contributed by atoms with Crippen LogP contribution in [0.3, 0.4) is 0 Å². The van der Waals surface area contributed by atoms with Crippen LogP contribution >= 0.6 is 0 Å². The fourth-order valence-electron chi connectivity index (χ4n) is 13.7. The first-order valence-electron chi connectivity index (χ1n) is 46.6. The van der Waals surface area contributed by atoms with E-state index in [0.29, 0.717) is 136 Å². The summed E-state index contributed by atoms with van der Waals surface area (Å²) in [6.07, 6.45) is 0. The molecule has 0 aliphatic heterocycles. The molecule has 0 unspecified atom stereocenters. The van der Waals surface area contributed by atoms with Crippen LogP contribution in [0.1, 0.15) is 50.1 Å². The molecule has 0 saturated heterocycles. The van der Waals surface area contributed by atoms with Gasteiger partial charge in [-0.15, -0.1) is 0 Å². The first-order chi connectivity index (χ1) is 71.9. The van der Waals surface area contributed by atoms with E-state index in [1.807, 2.05) is 173 Å². The number of aromatic nitrogens is 18. The topological polar surface area (TPSA) is 625 Å². The van der Waals surface area contributed by atoms with Gasteiger partial charge in [0, 0.05) is 222 Å². The summed E-state index contributed by atoms with van der Waals surface area (Å²) < 4.78 is 0. The van der Waals surface area contributed by atoms with Crippen LogP contribution in [-0.2, 0) is 58.9 Å². The summed E-state index contributed by atoms with van der Waals surface area (Å²) in [5.74, 6) is 8.44. The predicted octanol–water partition coefficient (Wildman–Crippen LogP) is 8.14. The molecule has 0 fully saturated rings. The zero-order chi connectivity index (χ0) is 109. The van der Waals surface area contributed by atoms with Gasteiger partial charge < -0.3 is 158 Å². The Morgan fingerprint density at radius 3 is 0.427 bits per heavy atom. The average Bonchev–Trinajstić information content (AvgIpc) is 0.830. The molecule has 15 aromatic rings. The first kappa shape index (κ1) is 113. The van der Waals surface area contributed by atoms with Crippen LogP contribution in [0.4, 0.5) is 107 Å². The Kier molecular flexibility index (Phi) is 42.0. The Morgan fingerprint density at radius 2 is 0.287 bits per heavy atom. The van der Waals surface area contributed by atoms with Crippen LogP contribution in [0.5, 0.6) is 51.7 Å². The number of hydrogen-bond acceptors (Lipinski definition) is 49. The number of nitrogen functional groups attached to an aromatic ring is 2. The van der Waals surface area contributed by atoms with E-state index in [4.69, 9.17) is 16.6 Å². The number of aromatic hydroxyl groups is 9. The third-order valence-electron chi connectivity index (χ3n) is 22.2. The Bertz CT molecular complexity index is 6560. The van der Waals surface area contributed by atoms with Crippen LogP contribution in [0.25, 0.3) is 0 Å². The summed E-state index contributed by atoms with van der Waals surface area (Å²) in [6.45, 7) is 2.82. The van der Waals surface area contributed by atoms with E-state index in [0.717, 1.165) is 50.1 Å². The summed E-state index contributed by atoms with van der Waals surface area (Å²) in [7, 11) is 28.3. The monoisotopic (exact) mass is 2060 g/mol. The highest BCUT2D eigenvalue weighted by Crippen LogP contribution is 2.32. The highest BCUT2D eigenvalue weighted by atomic mass is 16.3. The van der Waals surface area contributed by atoms with E-state index in [1.54, 1.807) is 202 Å². The van der Waals surface area contributed by atoms with Gasteiger partial charge in [0.05, 0.1) is 0 Å². The van der Waals surface area contributed by atoms with E-state index >= 15 is 0 Å². The van der Waals surface area contributed by atoms with Crippen LogP contribution in [-0.4, -0.2) is 296 Å². The van der Waals surface area contributed by atoms with E-state index < -0.39 is 0 Å². The van der Waals surface area contributed by atoms with E-state index in [9.17, 15) is 61.3 Å². The second-order valence-electron chi connectivity index (χ2n) is 34.1. The number of nitrogens with two attached hydrogens (primary N) is 2. The Balaban J connectivity index is 0.000000185. The lowest BCUT2D eigenvalue weighted by molar-refractivity contribution is 0.294. The minimum atomic E-state index is -0.255. The van der Waals surface area contributed by atoms with Crippen molar-refractivity contribution in [2.24, 2.45) is 0 Å². The number of benzene rings is 9. The lowest BCUT2D eigenvalue weighted by Crippen LogP contribution is -2.28. The van der Waals surface area contributed by atoms with Gasteiger partial charge >= 0.3 is 0 Å². The van der Waals surface area contributed by atoms with Crippen molar-refractivity contribution in [2.45, 2.75) is 58.9 Å². The van der Waals surface area contributed by atoms with Crippen molar-refractivity contribution in [1.29, 1.82) is 0 Å². The van der Waals surface area contributed by atoms with Crippen molar-refractivity contribution in [2.75, 3.05) is 231 Å². The normalized spacial score (nSPS) is 10.5. The van der Waals surface area contributed by atoms with Crippen molar-refractivity contribution in [3.63, 3.8) is 0 Å². The van der Waals surface area contributed by atoms with Gasteiger partial charge in [-0.1, -0.05) is 164 Å². The standard InChI is InChI=1S/C21H26N6O3.C20H24N6O2.C19H22N6O2.C15H22N6O3.C13H18N6O2.C13H18N6O/c1-25(12-15-8-4-6-10-17(15)29)19-22-20(24-21(23-19)27(3)14-28)26(2)13-16-9-5-7-11-18(16)30;1-21-18-22-19(25(2)12-14-8-4-6-10-16(14)27)24-20(23-18)26(3)13-15-9-5-7-11-17(15)28;1-24(11-13-7-3-5-9-15(13)26)18-21-17(20)22-19(23-18)25(2)12-14-8-4-6-10-16(14)27;1-19(8-11-6-4-5-7-12(11)24)13-16-14(20(2)9-22)18-15(17-13)21(3)10-23;1-18(7-9-5-3-4-6-10(9)21)12-15-11(14)16-13(17-12)19(2)8-20;1-14-11-16-12(15-2)18-13(17-11)19(3)8-9-6-4-5-7-10(9)20/h4-11,28-30H,12-14H2,1-3H3;4-11,27-28H,12-13H2,1-3H3,(H,21,22,23,24);3-10,26-27H,11-12H2,1-2H3,(H2,20,21,22,23);4-7,22-24H,8-10H2,1-3H3;3-6,20-21H,7-8H2,1-2H3,(H2,14,15,16,17);4-7,20H,8H2,1-3H3,(H2,14,15,16,17,18). The number of anilines is 18. The van der Waals surface area contributed by atoms with E-state index in [-0.39, 0.29) is 108 Å². The highest BCUT2D eigenvalue weighted by molar-refractivity contribution is 5.55. The Hall–Kier alpha value is -18.5. The number of nitrogens with zero attached hydrogens (tertiary/aromatic N) is 31. The molecule has 6 heterocycles. The third kappa shape index (κ3) is 33.0. The molecule has 150 heavy (non-hydrogen) atoms. The molecule has 0 saturated carbocycles. The molecule has 0 atom stereocenters.